The molecule has 1 N–H and O–H groups in total. The van der Waals surface area contributed by atoms with Crippen LogP contribution in [0.1, 0.15) is 29.5 Å². The van der Waals surface area contributed by atoms with Gasteiger partial charge in [0.15, 0.2) is 0 Å². The lowest BCUT2D eigenvalue weighted by atomic mass is 10.0. The van der Waals surface area contributed by atoms with E-state index in [1.807, 2.05) is 38.1 Å². The third-order valence-electron chi connectivity index (χ3n) is 4.17. The minimum Gasteiger partial charge on any atom is -0.494 e. The van der Waals surface area contributed by atoms with E-state index in [4.69, 9.17) is 27.9 Å². The quantitative estimate of drug-likeness (QED) is 0.612. The van der Waals surface area contributed by atoms with E-state index in [2.05, 4.69) is 11.4 Å². The predicted octanol–water partition coefficient (Wildman–Crippen LogP) is 5.23. The van der Waals surface area contributed by atoms with Gasteiger partial charge in [-0.15, -0.1) is 0 Å². The molecule has 0 bridgehead atoms. The molecule has 4 nitrogen and oxygen atoms in total. The highest BCUT2D eigenvalue weighted by Gasteiger charge is 2.17. The van der Waals surface area contributed by atoms with E-state index in [9.17, 15) is 10.1 Å². The van der Waals surface area contributed by atoms with Crippen molar-refractivity contribution in [1.29, 1.82) is 5.26 Å². The van der Waals surface area contributed by atoms with Crippen LogP contribution in [0.5, 0.6) is 5.75 Å². The number of halogens is 2. The number of rotatable bonds is 8. The van der Waals surface area contributed by atoms with Gasteiger partial charge in [0, 0.05) is 16.6 Å². The van der Waals surface area contributed by atoms with Gasteiger partial charge in [-0.2, -0.15) is 5.26 Å². The Kier molecular flexibility index (Phi) is 7.97. The number of carbonyl (C=O) groups is 1. The van der Waals surface area contributed by atoms with Crippen LogP contribution in [0.15, 0.2) is 36.4 Å². The molecule has 0 fully saturated rings. The number of hydrogen-bond donors (Lipinski definition) is 1. The molecule has 1 amide bonds. The normalized spacial score (nSPS) is 11.5. The van der Waals surface area contributed by atoms with Gasteiger partial charge >= 0.3 is 0 Å². The zero-order valence-electron chi connectivity index (χ0n) is 15.4. The summed E-state index contributed by atoms with van der Waals surface area (Å²) in [5, 5.41) is 13.4. The SMILES string of the molecule is Cc1cc(OCCCC(C#N)C(=O)NCc2ccc(Cl)cc2)cc(C)c1Cl. The van der Waals surface area contributed by atoms with Crippen molar-refractivity contribution in [3.05, 3.63) is 63.1 Å². The van der Waals surface area contributed by atoms with E-state index in [1.54, 1.807) is 12.1 Å². The molecule has 142 valence electrons. The minimum atomic E-state index is -0.699. The summed E-state index contributed by atoms with van der Waals surface area (Å²) in [7, 11) is 0. The van der Waals surface area contributed by atoms with Crippen molar-refractivity contribution in [1.82, 2.24) is 5.32 Å². The van der Waals surface area contributed by atoms with Crippen LogP contribution in [0.25, 0.3) is 0 Å². The van der Waals surface area contributed by atoms with Gasteiger partial charge in [-0.3, -0.25) is 4.79 Å². The molecule has 6 heteroatoms. The molecule has 2 aromatic rings. The van der Waals surface area contributed by atoms with Gasteiger partial charge < -0.3 is 10.1 Å². The monoisotopic (exact) mass is 404 g/mol. The lowest BCUT2D eigenvalue weighted by Gasteiger charge is -2.12. The maximum Gasteiger partial charge on any atom is 0.237 e. The first-order valence-electron chi connectivity index (χ1n) is 8.72. The van der Waals surface area contributed by atoms with Crippen LogP contribution in [0.2, 0.25) is 10.0 Å². The molecule has 0 aromatic heterocycles. The maximum atomic E-state index is 12.2. The number of ether oxygens (including phenoxy) is 1. The number of carbonyl (C=O) groups excluding carboxylic acids is 1. The Bertz CT molecular complexity index is 806. The number of aryl methyl sites for hydroxylation is 2. The second kappa shape index (κ2) is 10.2. The molecule has 0 heterocycles. The first kappa shape index (κ1) is 21.1. The number of hydrogen-bond acceptors (Lipinski definition) is 3. The summed E-state index contributed by atoms with van der Waals surface area (Å²) in [5.41, 5.74) is 2.85. The molecule has 2 aromatic carbocycles. The summed E-state index contributed by atoms with van der Waals surface area (Å²) in [6.07, 6.45) is 1.04. The molecular formula is C21H22Cl2N2O2. The molecule has 0 spiro atoms. The third kappa shape index (κ3) is 6.46. The third-order valence-corrected chi connectivity index (χ3v) is 5.02. The van der Waals surface area contributed by atoms with Gasteiger partial charge in [0.25, 0.3) is 0 Å². The molecule has 0 aliphatic carbocycles. The van der Waals surface area contributed by atoms with Crippen LogP contribution in [0, 0.1) is 31.1 Å². The molecule has 27 heavy (non-hydrogen) atoms. The Hall–Kier alpha value is -2.22. The number of amides is 1. The zero-order valence-corrected chi connectivity index (χ0v) is 16.9. The standard InChI is InChI=1S/C21H22Cl2N2O2/c1-14-10-19(11-15(2)20(14)23)27-9-3-4-17(12-24)21(26)25-13-16-5-7-18(22)8-6-16/h5-8,10-11,17H,3-4,9,13H2,1-2H3,(H,25,26). The van der Waals surface area contributed by atoms with Gasteiger partial charge in [0.1, 0.15) is 11.7 Å². The van der Waals surface area contributed by atoms with Gasteiger partial charge in [0.05, 0.1) is 12.7 Å². The van der Waals surface area contributed by atoms with Crippen molar-refractivity contribution in [2.75, 3.05) is 6.61 Å². The highest BCUT2D eigenvalue weighted by molar-refractivity contribution is 6.32. The van der Waals surface area contributed by atoms with E-state index < -0.39 is 5.92 Å². The summed E-state index contributed by atoms with van der Waals surface area (Å²) >= 11 is 12.0. The van der Waals surface area contributed by atoms with Gasteiger partial charge in [-0.1, -0.05) is 35.3 Å². The van der Waals surface area contributed by atoms with Gasteiger partial charge in [-0.05, 0) is 67.6 Å². The van der Waals surface area contributed by atoms with Crippen LogP contribution in [0.4, 0.5) is 0 Å². The first-order valence-corrected chi connectivity index (χ1v) is 9.47. The number of nitriles is 1. The van der Waals surface area contributed by atoms with Crippen molar-refractivity contribution >= 4 is 29.1 Å². The summed E-state index contributed by atoms with van der Waals surface area (Å²) < 4.78 is 5.73. The molecular weight excluding hydrogens is 383 g/mol. The van der Waals surface area contributed by atoms with Crippen molar-refractivity contribution in [2.24, 2.45) is 5.92 Å². The second-order valence-corrected chi connectivity index (χ2v) is 7.20. The smallest absolute Gasteiger partial charge is 0.237 e. The van der Waals surface area contributed by atoms with Crippen molar-refractivity contribution < 1.29 is 9.53 Å². The van der Waals surface area contributed by atoms with Crippen LogP contribution in [0.3, 0.4) is 0 Å². The van der Waals surface area contributed by atoms with Crippen LogP contribution >= 0.6 is 23.2 Å². The largest absolute Gasteiger partial charge is 0.494 e. The fourth-order valence-corrected chi connectivity index (χ4v) is 2.87. The Morgan fingerprint density at radius 1 is 1.19 bits per heavy atom. The topological polar surface area (TPSA) is 62.1 Å². The molecule has 1 unspecified atom stereocenters. The lowest BCUT2D eigenvalue weighted by Crippen LogP contribution is -2.29. The fourth-order valence-electron chi connectivity index (χ4n) is 2.64. The van der Waals surface area contributed by atoms with Crippen molar-refractivity contribution in [3.8, 4) is 11.8 Å². The summed E-state index contributed by atoms with van der Waals surface area (Å²) in [6, 6.07) is 13.0. The van der Waals surface area contributed by atoms with E-state index >= 15 is 0 Å². The number of nitrogens with zero attached hydrogens (tertiary/aromatic N) is 1. The molecule has 1 atom stereocenters. The van der Waals surface area contributed by atoms with Crippen molar-refractivity contribution in [3.63, 3.8) is 0 Å². The highest BCUT2D eigenvalue weighted by atomic mass is 35.5. The fraction of sp³-hybridized carbons (Fsp3) is 0.333. The average molecular weight is 405 g/mol. The molecule has 0 saturated heterocycles. The molecule has 0 aliphatic rings. The number of benzene rings is 2. The Morgan fingerprint density at radius 3 is 2.41 bits per heavy atom. The van der Waals surface area contributed by atoms with Gasteiger partial charge in [-0.25, -0.2) is 0 Å². The Morgan fingerprint density at radius 2 is 1.81 bits per heavy atom. The zero-order chi connectivity index (χ0) is 19.8. The summed E-state index contributed by atoms with van der Waals surface area (Å²) in [6.45, 7) is 4.66. The Labute approximate surface area is 170 Å². The average Bonchev–Trinajstić information content (AvgIpc) is 2.65. The van der Waals surface area contributed by atoms with Crippen LogP contribution in [-0.2, 0) is 11.3 Å². The van der Waals surface area contributed by atoms with E-state index in [0.29, 0.717) is 31.0 Å². The first-order chi connectivity index (χ1) is 12.9. The predicted molar refractivity (Wildman–Crippen MR) is 108 cm³/mol. The molecule has 0 radical (unpaired) electrons. The highest BCUT2D eigenvalue weighted by Crippen LogP contribution is 2.26. The molecule has 0 aliphatic heterocycles. The van der Waals surface area contributed by atoms with E-state index in [-0.39, 0.29) is 5.91 Å². The Balaban J connectivity index is 1.77. The van der Waals surface area contributed by atoms with Crippen LogP contribution < -0.4 is 10.1 Å². The second-order valence-electron chi connectivity index (χ2n) is 6.39. The van der Waals surface area contributed by atoms with Gasteiger partial charge in [0.2, 0.25) is 5.91 Å². The lowest BCUT2D eigenvalue weighted by molar-refractivity contribution is -0.123. The summed E-state index contributed by atoms with van der Waals surface area (Å²) in [5.74, 6) is -0.227. The summed E-state index contributed by atoms with van der Waals surface area (Å²) in [4.78, 5) is 12.2. The maximum absolute atomic E-state index is 12.2. The van der Waals surface area contributed by atoms with E-state index in [1.165, 1.54) is 0 Å². The van der Waals surface area contributed by atoms with Crippen molar-refractivity contribution in [2.45, 2.75) is 33.2 Å². The molecule has 2 rings (SSSR count). The van der Waals surface area contributed by atoms with Crippen LogP contribution in [-0.4, -0.2) is 12.5 Å². The number of nitrogens with one attached hydrogen (secondary N) is 1. The minimum absolute atomic E-state index is 0.273. The molecule has 0 saturated carbocycles. The van der Waals surface area contributed by atoms with E-state index in [0.717, 1.165) is 27.5 Å².